The Morgan fingerprint density at radius 3 is 2.30 bits per heavy atom. The van der Waals surface area contributed by atoms with Crippen molar-refractivity contribution in [1.29, 1.82) is 0 Å². The van der Waals surface area contributed by atoms with Gasteiger partial charge in [0.25, 0.3) is 0 Å². The first-order chi connectivity index (χ1) is 13.3. The molecule has 0 aliphatic rings. The Morgan fingerprint density at radius 2 is 1.56 bits per heavy atom. The van der Waals surface area contributed by atoms with E-state index >= 15 is 0 Å². The minimum Gasteiger partial charge on any atom is -0.355 e. The maximum atomic E-state index is 4.78. The van der Waals surface area contributed by atoms with E-state index < -0.39 is 0 Å². The fourth-order valence-electron chi connectivity index (χ4n) is 2.84. The first kappa shape index (κ1) is 16.8. The van der Waals surface area contributed by atoms with Gasteiger partial charge in [0, 0.05) is 43.8 Å². The molecule has 0 atom stereocenters. The highest BCUT2D eigenvalue weighted by atomic mass is 15.2. The molecular weight excluding hydrogens is 334 g/mol. The molecule has 5 nitrogen and oxygen atoms in total. The normalized spacial score (nSPS) is 10.6. The van der Waals surface area contributed by atoms with Crippen LogP contribution in [-0.2, 0) is 6.54 Å². The number of nitrogens with zero attached hydrogens (tertiary/aromatic N) is 5. The largest absolute Gasteiger partial charge is 0.355 e. The highest BCUT2D eigenvalue weighted by Gasteiger charge is 2.12. The maximum absolute atomic E-state index is 4.78. The molecule has 0 saturated carbocycles. The minimum absolute atomic E-state index is 0.662. The average Bonchev–Trinajstić information content (AvgIpc) is 2.75. The van der Waals surface area contributed by atoms with Gasteiger partial charge >= 0.3 is 0 Å². The summed E-state index contributed by atoms with van der Waals surface area (Å²) in [4.78, 5) is 20.2. The van der Waals surface area contributed by atoms with Gasteiger partial charge < -0.3 is 4.90 Å². The van der Waals surface area contributed by atoms with Gasteiger partial charge in [-0.25, -0.2) is 9.97 Å². The molecule has 0 radical (unpaired) electrons. The summed E-state index contributed by atoms with van der Waals surface area (Å²) in [6, 6.07) is 22.0. The Kier molecular flexibility index (Phi) is 4.83. The zero-order valence-corrected chi connectivity index (χ0v) is 15.0. The summed E-state index contributed by atoms with van der Waals surface area (Å²) >= 11 is 0. The lowest BCUT2D eigenvalue weighted by atomic mass is 10.2. The van der Waals surface area contributed by atoms with E-state index in [2.05, 4.69) is 27.0 Å². The van der Waals surface area contributed by atoms with Crippen LogP contribution in [0.1, 0.15) is 5.56 Å². The quantitative estimate of drug-likeness (QED) is 0.537. The molecule has 0 saturated heterocycles. The number of hydrogen-bond donors (Lipinski definition) is 0. The minimum atomic E-state index is 0.662. The van der Waals surface area contributed by atoms with E-state index in [0.29, 0.717) is 5.82 Å². The summed E-state index contributed by atoms with van der Waals surface area (Å²) in [6.45, 7) is 0.759. The van der Waals surface area contributed by atoms with Crippen molar-refractivity contribution in [2.45, 2.75) is 6.54 Å². The van der Waals surface area contributed by atoms with Gasteiger partial charge in [-0.2, -0.15) is 0 Å². The summed E-state index contributed by atoms with van der Waals surface area (Å²) in [5, 5.41) is 0. The lowest BCUT2D eigenvalue weighted by Crippen LogP contribution is -2.18. The topological polar surface area (TPSA) is 54.8 Å². The molecule has 5 heteroatoms. The molecule has 1 aromatic carbocycles. The smallest absolute Gasteiger partial charge is 0.162 e. The van der Waals surface area contributed by atoms with Gasteiger partial charge in [0.15, 0.2) is 5.82 Å². The average molecular weight is 353 g/mol. The Balaban J connectivity index is 1.76. The number of benzene rings is 1. The molecular formula is C22H19N5. The molecule has 4 rings (SSSR count). The highest BCUT2D eigenvalue weighted by Crippen LogP contribution is 2.25. The van der Waals surface area contributed by atoms with Crippen molar-refractivity contribution in [3.8, 4) is 22.8 Å². The summed E-state index contributed by atoms with van der Waals surface area (Å²) in [6.07, 6.45) is 5.27. The molecule has 0 fully saturated rings. The van der Waals surface area contributed by atoms with Crippen molar-refractivity contribution < 1.29 is 0 Å². The Labute approximate surface area is 158 Å². The van der Waals surface area contributed by atoms with Gasteiger partial charge in [-0.05, 0) is 29.8 Å². The molecule has 0 aliphatic heterocycles. The van der Waals surface area contributed by atoms with Gasteiger partial charge in [-0.15, -0.1) is 0 Å². The third-order valence-corrected chi connectivity index (χ3v) is 4.23. The summed E-state index contributed by atoms with van der Waals surface area (Å²) < 4.78 is 0. The van der Waals surface area contributed by atoms with Gasteiger partial charge in [0.05, 0.1) is 11.4 Å². The van der Waals surface area contributed by atoms with Crippen molar-refractivity contribution in [2.24, 2.45) is 0 Å². The van der Waals surface area contributed by atoms with E-state index in [0.717, 1.165) is 29.3 Å². The van der Waals surface area contributed by atoms with Gasteiger partial charge in [0.2, 0.25) is 0 Å². The Hall–Kier alpha value is -3.60. The third kappa shape index (κ3) is 3.98. The number of aromatic nitrogens is 4. The van der Waals surface area contributed by atoms with E-state index in [-0.39, 0.29) is 0 Å². The summed E-state index contributed by atoms with van der Waals surface area (Å²) in [5.41, 5.74) is 3.78. The second kappa shape index (κ2) is 7.74. The lowest BCUT2D eigenvalue weighted by molar-refractivity contribution is 0.893. The summed E-state index contributed by atoms with van der Waals surface area (Å²) in [7, 11) is 2.04. The molecule has 0 bridgehead atoms. The van der Waals surface area contributed by atoms with E-state index in [1.165, 1.54) is 5.56 Å². The molecule has 0 aliphatic carbocycles. The predicted molar refractivity (Wildman–Crippen MR) is 107 cm³/mol. The third-order valence-electron chi connectivity index (χ3n) is 4.23. The van der Waals surface area contributed by atoms with Crippen LogP contribution in [0.15, 0.2) is 85.3 Å². The fourth-order valence-corrected chi connectivity index (χ4v) is 2.84. The van der Waals surface area contributed by atoms with Crippen molar-refractivity contribution in [2.75, 3.05) is 11.9 Å². The van der Waals surface area contributed by atoms with Gasteiger partial charge in [-0.3, -0.25) is 9.97 Å². The van der Waals surface area contributed by atoms with E-state index in [1.807, 2.05) is 61.6 Å². The first-order valence-electron chi connectivity index (χ1n) is 8.75. The second-order valence-corrected chi connectivity index (χ2v) is 6.23. The van der Waals surface area contributed by atoms with Crippen LogP contribution in [0.4, 0.5) is 5.82 Å². The van der Waals surface area contributed by atoms with E-state index in [4.69, 9.17) is 9.97 Å². The zero-order valence-electron chi connectivity index (χ0n) is 15.0. The van der Waals surface area contributed by atoms with Crippen molar-refractivity contribution in [1.82, 2.24) is 19.9 Å². The molecule has 0 spiro atoms. The van der Waals surface area contributed by atoms with E-state index in [1.54, 1.807) is 18.6 Å². The van der Waals surface area contributed by atoms with Crippen molar-refractivity contribution in [3.63, 3.8) is 0 Å². The zero-order chi connectivity index (χ0) is 18.5. The monoisotopic (exact) mass is 353 g/mol. The van der Waals surface area contributed by atoms with Crippen LogP contribution < -0.4 is 4.90 Å². The predicted octanol–water partition coefficient (Wildman–Crippen LogP) is 4.24. The Morgan fingerprint density at radius 1 is 0.778 bits per heavy atom. The van der Waals surface area contributed by atoms with Crippen LogP contribution >= 0.6 is 0 Å². The van der Waals surface area contributed by atoms with Crippen LogP contribution in [0.5, 0.6) is 0 Å². The van der Waals surface area contributed by atoms with Crippen molar-refractivity contribution >= 4 is 5.82 Å². The van der Waals surface area contributed by atoms with Crippen LogP contribution in [-0.4, -0.2) is 27.0 Å². The molecule has 0 N–H and O–H groups in total. The molecule has 3 heterocycles. The molecule has 132 valence electrons. The van der Waals surface area contributed by atoms with Crippen LogP contribution in [0, 0.1) is 0 Å². The maximum Gasteiger partial charge on any atom is 0.162 e. The fraction of sp³-hybridized carbons (Fsp3) is 0.0909. The standard InChI is InChI=1S/C22H19N5/c1-27(16-17-7-3-2-4-8-17)21-15-20(19-9-5-6-12-24-19)25-22(26-21)18-10-13-23-14-11-18/h2-15H,16H2,1H3. The van der Waals surface area contributed by atoms with Crippen LogP contribution in [0.3, 0.4) is 0 Å². The SMILES string of the molecule is CN(Cc1ccccc1)c1cc(-c2ccccn2)nc(-c2ccncc2)n1. The summed E-state index contributed by atoms with van der Waals surface area (Å²) in [5.74, 6) is 1.51. The van der Waals surface area contributed by atoms with Gasteiger partial charge in [-0.1, -0.05) is 36.4 Å². The number of hydrogen-bond acceptors (Lipinski definition) is 5. The highest BCUT2D eigenvalue weighted by molar-refractivity contribution is 5.65. The molecule has 0 unspecified atom stereocenters. The Bertz CT molecular complexity index is 947. The molecule has 3 aromatic heterocycles. The van der Waals surface area contributed by atoms with E-state index in [9.17, 15) is 0 Å². The van der Waals surface area contributed by atoms with Crippen LogP contribution in [0.25, 0.3) is 22.8 Å². The molecule has 4 aromatic rings. The van der Waals surface area contributed by atoms with Crippen molar-refractivity contribution in [3.05, 3.63) is 90.9 Å². The first-order valence-corrected chi connectivity index (χ1v) is 8.75. The van der Waals surface area contributed by atoms with Gasteiger partial charge in [0.1, 0.15) is 5.82 Å². The molecule has 27 heavy (non-hydrogen) atoms. The molecule has 0 amide bonds. The number of rotatable bonds is 5. The lowest BCUT2D eigenvalue weighted by Gasteiger charge is -2.20. The second-order valence-electron chi connectivity index (χ2n) is 6.23. The number of anilines is 1. The van der Waals surface area contributed by atoms with Crippen LogP contribution in [0.2, 0.25) is 0 Å². The number of pyridine rings is 2.